The Morgan fingerprint density at radius 3 is 2.36 bits per heavy atom. The molecule has 2 aromatic carbocycles. The molecule has 0 radical (unpaired) electrons. The van der Waals surface area contributed by atoms with Crippen LogP contribution in [0, 0.1) is 24.7 Å². The number of rotatable bonds is 4. The molecule has 2 aliphatic rings. The van der Waals surface area contributed by atoms with E-state index in [1.165, 1.54) is 23.1 Å². The van der Waals surface area contributed by atoms with Crippen molar-refractivity contribution in [3.05, 3.63) is 59.7 Å². The van der Waals surface area contributed by atoms with Crippen LogP contribution in [0.25, 0.3) is 11.0 Å². The number of piperidine rings is 2. The van der Waals surface area contributed by atoms with Crippen LogP contribution in [0.4, 0.5) is 5.95 Å². The number of likely N-dealkylation sites (tertiary alicyclic amines) is 1. The minimum absolute atomic E-state index is 0.146. The number of carbonyl (C=O) groups excluding carboxylic acids is 1. The van der Waals surface area contributed by atoms with Crippen LogP contribution in [0.2, 0.25) is 0 Å². The number of carbonyl (C=O) groups is 1. The van der Waals surface area contributed by atoms with Crippen molar-refractivity contribution >= 4 is 22.9 Å². The van der Waals surface area contributed by atoms with Crippen LogP contribution in [-0.4, -0.2) is 46.5 Å². The molecule has 2 aliphatic heterocycles. The maximum absolute atomic E-state index is 13.3. The molecule has 5 heteroatoms. The Labute approximate surface area is 197 Å². The lowest BCUT2D eigenvalue weighted by Gasteiger charge is -2.39. The molecule has 1 amide bonds. The normalized spacial score (nSPS) is 22.2. The van der Waals surface area contributed by atoms with Crippen molar-refractivity contribution in [3.8, 4) is 0 Å². The summed E-state index contributed by atoms with van der Waals surface area (Å²) in [5, 5.41) is 0. The predicted octanol–water partition coefficient (Wildman–Crippen LogP) is 5.11. The Bertz CT molecular complexity index is 1120. The first kappa shape index (κ1) is 22.0. The molecular weight excluding hydrogens is 408 g/mol. The summed E-state index contributed by atoms with van der Waals surface area (Å²) in [4.78, 5) is 22.8. The van der Waals surface area contributed by atoms with Gasteiger partial charge in [-0.15, -0.1) is 0 Å². The second-order valence-electron chi connectivity index (χ2n) is 10.4. The summed E-state index contributed by atoms with van der Waals surface area (Å²) in [6, 6.07) is 17.0. The van der Waals surface area contributed by atoms with Crippen LogP contribution in [0.15, 0.2) is 48.5 Å². The lowest BCUT2D eigenvalue weighted by atomic mass is 9.89. The molecule has 0 aliphatic carbocycles. The van der Waals surface area contributed by atoms with E-state index in [4.69, 9.17) is 4.98 Å². The lowest BCUT2D eigenvalue weighted by Crippen LogP contribution is -2.48. The quantitative estimate of drug-likeness (QED) is 0.561. The standard InChI is InChI=1S/C28H36N4O/c1-20-16-21(2)18-31(17-20)27(33)23-12-14-30(15-13-23)28-29-25-10-6-7-11-26(25)32(28)19-24-9-5-4-8-22(24)3/h4-11,20-21,23H,12-19H2,1-3H3/t20-,21-/m1/s1. The van der Waals surface area contributed by atoms with Crippen LogP contribution >= 0.6 is 0 Å². The molecule has 1 aromatic heterocycles. The van der Waals surface area contributed by atoms with Gasteiger partial charge in [-0.3, -0.25) is 4.79 Å². The molecule has 0 unspecified atom stereocenters. The molecule has 3 aromatic rings. The number of benzene rings is 2. The number of nitrogens with zero attached hydrogens (tertiary/aromatic N) is 4. The summed E-state index contributed by atoms with van der Waals surface area (Å²) in [5.41, 5.74) is 4.83. The summed E-state index contributed by atoms with van der Waals surface area (Å²) >= 11 is 0. The molecule has 3 heterocycles. The van der Waals surface area contributed by atoms with Crippen molar-refractivity contribution < 1.29 is 4.79 Å². The van der Waals surface area contributed by atoms with E-state index in [0.29, 0.717) is 17.7 Å². The zero-order chi connectivity index (χ0) is 22.9. The molecule has 5 nitrogen and oxygen atoms in total. The molecular formula is C28H36N4O. The second kappa shape index (κ2) is 9.20. The van der Waals surface area contributed by atoms with Gasteiger partial charge in [0.1, 0.15) is 0 Å². The highest BCUT2D eigenvalue weighted by Gasteiger charge is 2.33. The molecule has 2 fully saturated rings. The lowest BCUT2D eigenvalue weighted by molar-refractivity contribution is -0.138. The Morgan fingerprint density at radius 2 is 1.64 bits per heavy atom. The monoisotopic (exact) mass is 444 g/mol. The molecule has 0 N–H and O–H groups in total. The average Bonchev–Trinajstić information content (AvgIpc) is 3.18. The molecule has 0 spiro atoms. The van der Waals surface area contributed by atoms with Crippen molar-refractivity contribution in [2.24, 2.45) is 17.8 Å². The topological polar surface area (TPSA) is 41.4 Å². The number of para-hydroxylation sites is 2. The predicted molar refractivity (Wildman–Crippen MR) is 134 cm³/mol. The van der Waals surface area contributed by atoms with Crippen molar-refractivity contribution in [2.45, 2.75) is 46.6 Å². The number of hydrogen-bond acceptors (Lipinski definition) is 3. The van der Waals surface area contributed by atoms with Crippen LogP contribution in [-0.2, 0) is 11.3 Å². The summed E-state index contributed by atoms with van der Waals surface area (Å²) in [6.07, 6.45) is 3.05. The van der Waals surface area contributed by atoms with Gasteiger partial charge < -0.3 is 14.4 Å². The molecule has 2 atom stereocenters. The number of hydrogen-bond donors (Lipinski definition) is 0. The summed E-state index contributed by atoms with van der Waals surface area (Å²) in [6.45, 7) is 11.2. The van der Waals surface area contributed by atoms with Crippen LogP contribution in [0.1, 0.15) is 44.2 Å². The Balaban J connectivity index is 1.34. The minimum Gasteiger partial charge on any atom is -0.342 e. The third kappa shape index (κ3) is 4.50. The van der Waals surface area contributed by atoms with Crippen LogP contribution in [0.3, 0.4) is 0 Å². The maximum atomic E-state index is 13.3. The van der Waals surface area contributed by atoms with E-state index in [0.717, 1.165) is 57.0 Å². The third-order valence-electron chi connectivity index (χ3n) is 7.53. The fourth-order valence-corrected chi connectivity index (χ4v) is 5.85. The molecule has 174 valence electrons. The highest BCUT2D eigenvalue weighted by atomic mass is 16.2. The first-order valence-electron chi connectivity index (χ1n) is 12.5. The first-order chi connectivity index (χ1) is 16.0. The molecule has 0 saturated carbocycles. The van der Waals surface area contributed by atoms with Gasteiger partial charge in [0.25, 0.3) is 0 Å². The van der Waals surface area contributed by atoms with Gasteiger partial charge in [-0.2, -0.15) is 0 Å². The van der Waals surface area contributed by atoms with Crippen molar-refractivity contribution in [2.75, 3.05) is 31.1 Å². The average molecular weight is 445 g/mol. The van der Waals surface area contributed by atoms with E-state index in [1.807, 2.05) is 0 Å². The Morgan fingerprint density at radius 1 is 0.970 bits per heavy atom. The van der Waals surface area contributed by atoms with Crippen molar-refractivity contribution in [3.63, 3.8) is 0 Å². The fourth-order valence-electron chi connectivity index (χ4n) is 5.85. The third-order valence-corrected chi connectivity index (χ3v) is 7.53. The Kier molecular flexibility index (Phi) is 6.13. The Hall–Kier alpha value is -2.82. The number of fused-ring (bicyclic) bond motifs is 1. The molecule has 2 saturated heterocycles. The van der Waals surface area contributed by atoms with E-state index in [9.17, 15) is 4.79 Å². The zero-order valence-corrected chi connectivity index (χ0v) is 20.2. The summed E-state index contributed by atoms with van der Waals surface area (Å²) < 4.78 is 2.35. The van der Waals surface area contributed by atoms with Gasteiger partial charge in [0, 0.05) is 32.1 Å². The van der Waals surface area contributed by atoms with E-state index < -0.39 is 0 Å². The molecule has 0 bridgehead atoms. The molecule has 5 rings (SSSR count). The van der Waals surface area contributed by atoms with Gasteiger partial charge in [-0.25, -0.2) is 4.98 Å². The number of imidazole rings is 1. The summed E-state index contributed by atoms with van der Waals surface area (Å²) in [7, 11) is 0. The SMILES string of the molecule is Cc1ccccc1Cn1c(N2CCC(C(=O)N3C[C@H](C)C[C@@H](C)C3)CC2)nc2ccccc21. The first-order valence-corrected chi connectivity index (χ1v) is 12.5. The minimum atomic E-state index is 0.146. The van der Waals surface area contributed by atoms with Gasteiger partial charge in [0.15, 0.2) is 0 Å². The highest BCUT2D eigenvalue weighted by Crippen LogP contribution is 2.30. The number of aromatic nitrogens is 2. The van der Waals surface area contributed by atoms with E-state index in [1.54, 1.807) is 0 Å². The number of anilines is 1. The van der Waals surface area contributed by atoms with Crippen LogP contribution in [0.5, 0.6) is 0 Å². The van der Waals surface area contributed by atoms with Crippen LogP contribution < -0.4 is 4.90 Å². The second-order valence-corrected chi connectivity index (χ2v) is 10.4. The van der Waals surface area contributed by atoms with Gasteiger partial charge in [-0.1, -0.05) is 50.2 Å². The van der Waals surface area contributed by atoms with E-state index >= 15 is 0 Å². The number of amides is 1. The highest BCUT2D eigenvalue weighted by molar-refractivity contribution is 5.80. The zero-order valence-electron chi connectivity index (χ0n) is 20.2. The van der Waals surface area contributed by atoms with Gasteiger partial charge in [-0.05, 0) is 61.3 Å². The number of aryl methyl sites for hydroxylation is 1. The van der Waals surface area contributed by atoms with E-state index in [-0.39, 0.29) is 5.92 Å². The van der Waals surface area contributed by atoms with Gasteiger partial charge >= 0.3 is 0 Å². The van der Waals surface area contributed by atoms with Gasteiger partial charge in [0.2, 0.25) is 11.9 Å². The van der Waals surface area contributed by atoms with Gasteiger partial charge in [0.05, 0.1) is 17.6 Å². The maximum Gasteiger partial charge on any atom is 0.225 e. The molecule has 33 heavy (non-hydrogen) atoms. The largest absolute Gasteiger partial charge is 0.342 e. The fraction of sp³-hybridized carbons (Fsp3) is 0.500. The van der Waals surface area contributed by atoms with Crippen molar-refractivity contribution in [1.82, 2.24) is 14.5 Å². The summed E-state index contributed by atoms with van der Waals surface area (Å²) in [5.74, 6) is 2.78. The smallest absolute Gasteiger partial charge is 0.225 e. The van der Waals surface area contributed by atoms with E-state index in [2.05, 4.69) is 83.7 Å². The van der Waals surface area contributed by atoms with Crippen molar-refractivity contribution in [1.29, 1.82) is 0 Å².